The molecule has 1 heterocycles. The predicted octanol–water partition coefficient (Wildman–Crippen LogP) is 3.12. The van der Waals surface area contributed by atoms with E-state index in [0.29, 0.717) is 25.2 Å². The van der Waals surface area contributed by atoms with Crippen molar-refractivity contribution in [1.82, 2.24) is 4.90 Å². The number of methoxy groups -OCH3 is 1. The van der Waals surface area contributed by atoms with Crippen molar-refractivity contribution in [3.05, 3.63) is 69.3 Å². The van der Waals surface area contributed by atoms with Crippen molar-refractivity contribution < 1.29 is 19.2 Å². The molecule has 2 aromatic rings. The molecule has 0 radical (unpaired) electrons. The number of benzene rings is 2. The van der Waals surface area contributed by atoms with E-state index in [4.69, 9.17) is 4.74 Å². The third-order valence-corrected chi connectivity index (χ3v) is 4.74. The first-order valence-corrected chi connectivity index (χ1v) is 8.95. The van der Waals surface area contributed by atoms with Gasteiger partial charge in [0.15, 0.2) is 0 Å². The molecule has 1 amide bonds. The van der Waals surface area contributed by atoms with Crippen molar-refractivity contribution in [3.63, 3.8) is 0 Å². The number of nitrogens with zero attached hydrogens (tertiary/aromatic N) is 2. The van der Waals surface area contributed by atoms with Crippen LogP contribution in [0.4, 0.5) is 11.4 Å². The zero-order valence-corrected chi connectivity index (χ0v) is 15.5. The summed E-state index contributed by atoms with van der Waals surface area (Å²) in [5.41, 5.74) is 2.37. The molecule has 28 heavy (non-hydrogen) atoms. The number of esters is 1. The minimum atomic E-state index is -0.651. The number of anilines is 1. The standard InChI is InChI=1S/C20H21N3O5/c1-28-20(25)17-11-16(23(26)27)8-9-18(17)21-12-14-5-2-3-6-15(14)13-22-10-4-7-19(22)24/h2-3,5-6,8-9,11,21H,4,7,10,12-13H2,1H3. The van der Waals surface area contributed by atoms with E-state index in [1.165, 1.54) is 25.3 Å². The fourth-order valence-corrected chi connectivity index (χ4v) is 3.23. The van der Waals surface area contributed by atoms with Crippen LogP contribution in [0.25, 0.3) is 0 Å². The lowest BCUT2D eigenvalue weighted by molar-refractivity contribution is -0.384. The quantitative estimate of drug-likeness (QED) is 0.448. The van der Waals surface area contributed by atoms with Gasteiger partial charge >= 0.3 is 5.97 Å². The van der Waals surface area contributed by atoms with Crippen LogP contribution < -0.4 is 5.32 Å². The Bertz CT molecular complexity index is 912. The van der Waals surface area contributed by atoms with Gasteiger partial charge in [0.2, 0.25) is 5.91 Å². The summed E-state index contributed by atoms with van der Waals surface area (Å²) in [7, 11) is 1.23. The number of amides is 1. The molecule has 3 rings (SSSR count). The van der Waals surface area contributed by atoms with Gasteiger partial charge in [-0.3, -0.25) is 14.9 Å². The van der Waals surface area contributed by atoms with Gasteiger partial charge in [-0.15, -0.1) is 0 Å². The van der Waals surface area contributed by atoms with Gasteiger partial charge < -0.3 is 15.0 Å². The number of hydrogen-bond donors (Lipinski definition) is 1. The highest BCUT2D eigenvalue weighted by Crippen LogP contribution is 2.24. The van der Waals surface area contributed by atoms with Gasteiger partial charge in [0, 0.05) is 43.9 Å². The fraction of sp³-hybridized carbons (Fsp3) is 0.300. The minimum Gasteiger partial charge on any atom is -0.465 e. The van der Waals surface area contributed by atoms with Crippen molar-refractivity contribution in [2.24, 2.45) is 0 Å². The molecule has 0 atom stereocenters. The smallest absolute Gasteiger partial charge is 0.340 e. The van der Waals surface area contributed by atoms with E-state index in [2.05, 4.69) is 5.32 Å². The topological polar surface area (TPSA) is 102 Å². The van der Waals surface area contributed by atoms with Gasteiger partial charge in [0.25, 0.3) is 5.69 Å². The van der Waals surface area contributed by atoms with Gasteiger partial charge in [-0.2, -0.15) is 0 Å². The lowest BCUT2D eigenvalue weighted by atomic mass is 10.1. The second-order valence-electron chi connectivity index (χ2n) is 6.52. The molecule has 0 spiro atoms. The van der Waals surface area contributed by atoms with Crippen LogP contribution in [0.15, 0.2) is 42.5 Å². The molecule has 1 saturated heterocycles. The van der Waals surface area contributed by atoms with E-state index in [0.717, 1.165) is 24.1 Å². The number of non-ortho nitro benzene ring substituents is 1. The third-order valence-electron chi connectivity index (χ3n) is 4.74. The number of likely N-dealkylation sites (tertiary alicyclic amines) is 1. The molecule has 8 heteroatoms. The maximum atomic E-state index is 12.0. The van der Waals surface area contributed by atoms with Crippen molar-refractivity contribution in [3.8, 4) is 0 Å². The van der Waals surface area contributed by atoms with Gasteiger partial charge in [-0.05, 0) is 23.6 Å². The van der Waals surface area contributed by atoms with Crippen LogP contribution in [0.3, 0.4) is 0 Å². The van der Waals surface area contributed by atoms with Gasteiger partial charge in [0.1, 0.15) is 0 Å². The van der Waals surface area contributed by atoms with Crippen LogP contribution in [0.5, 0.6) is 0 Å². The lowest BCUT2D eigenvalue weighted by Crippen LogP contribution is -2.24. The molecule has 1 aliphatic rings. The third kappa shape index (κ3) is 4.28. The van der Waals surface area contributed by atoms with E-state index in [-0.39, 0.29) is 17.2 Å². The highest BCUT2D eigenvalue weighted by atomic mass is 16.6. The van der Waals surface area contributed by atoms with Crippen LogP contribution in [-0.4, -0.2) is 35.4 Å². The monoisotopic (exact) mass is 383 g/mol. The summed E-state index contributed by atoms with van der Waals surface area (Å²) in [5, 5.41) is 14.2. The zero-order chi connectivity index (χ0) is 20.1. The SMILES string of the molecule is COC(=O)c1cc([N+](=O)[O-])ccc1NCc1ccccc1CN1CCCC1=O. The number of carbonyl (C=O) groups is 2. The van der Waals surface area contributed by atoms with E-state index < -0.39 is 10.9 Å². The zero-order valence-electron chi connectivity index (χ0n) is 15.5. The fourth-order valence-electron chi connectivity index (χ4n) is 3.23. The van der Waals surface area contributed by atoms with Crippen molar-refractivity contribution in [2.75, 3.05) is 19.0 Å². The summed E-state index contributed by atoms with van der Waals surface area (Å²) in [6, 6.07) is 11.8. The Kier molecular flexibility index (Phi) is 5.88. The number of nitro groups is 1. The Morgan fingerprint density at radius 3 is 2.64 bits per heavy atom. The number of ether oxygens (including phenoxy) is 1. The van der Waals surface area contributed by atoms with Crippen LogP contribution in [0.2, 0.25) is 0 Å². The van der Waals surface area contributed by atoms with Crippen molar-refractivity contribution >= 4 is 23.3 Å². The Balaban J connectivity index is 1.80. The van der Waals surface area contributed by atoms with E-state index in [9.17, 15) is 19.7 Å². The molecule has 0 aliphatic carbocycles. The average molecular weight is 383 g/mol. The maximum absolute atomic E-state index is 12.0. The van der Waals surface area contributed by atoms with Gasteiger partial charge in [-0.25, -0.2) is 4.79 Å². The molecule has 1 fully saturated rings. The number of carbonyl (C=O) groups excluding carboxylic acids is 2. The molecule has 8 nitrogen and oxygen atoms in total. The highest BCUT2D eigenvalue weighted by molar-refractivity contribution is 5.96. The molecule has 0 saturated carbocycles. The molecular weight excluding hydrogens is 362 g/mol. The van der Waals surface area contributed by atoms with Gasteiger partial charge in [0.05, 0.1) is 17.6 Å². The highest BCUT2D eigenvalue weighted by Gasteiger charge is 2.21. The predicted molar refractivity (Wildman–Crippen MR) is 103 cm³/mol. The maximum Gasteiger partial charge on any atom is 0.340 e. The van der Waals surface area contributed by atoms with Crippen LogP contribution >= 0.6 is 0 Å². The normalized spacial score (nSPS) is 13.5. The molecule has 0 bridgehead atoms. The largest absolute Gasteiger partial charge is 0.465 e. The van der Waals surface area contributed by atoms with E-state index in [1.54, 1.807) is 0 Å². The Hall–Kier alpha value is -3.42. The first-order chi connectivity index (χ1) is 13.5. The Morgan fingerprint density at radius 1 is 1.25 bits per heavy atom. The van der Waals surface area contributed by atoms with Crippen molar-refractivity contribution in [1.29, 1.82) is 0 Å². The molecule has 1 N–H and O–H groups in total. The average Bonchev–Trinajstić information content (AvgIpc) is 3.11. The van der Waals surface area contributed by atoms with E-state index >= 15 is 0 Å². The number of nitro benzene ring substituents is 1. The minimum absolute atomic E-state index is 0.101. The number of hydrogen-bond acceptors (Lipinski definition) is 6. The van der Waals surface area contributed by atoms with E-state index in [1.807, 2.05) is 29.2 Å². The van der Waals surface area contributed by atoms with Crippen molar-refractivity contribution in [2.45, 2.75) is 25.9 Å². The van der Waals surface area contributed by atoms with Crippen LogP contribution in [-0.2, 0) is 22.6 Å². The summed E-state index contributed by atoms with van der Waals surface area (Å²) in [6.45, 7) is 1.70. The molecular formula is C20H21N3O5. The molecule has 2 aromatic carbocycles. The second-order valence-corrected chi connectivity index (χ2v) is 6.52. The molecule has 0 aromatic heterocycles. The summed E-state index contributed by atoms with van der Waals surface area (Å²) >= 11 is 0. The first kappa shape index (κ1) is 19.3. The first-order valence-electron chi connectivity index (χ1n) is 8.95. The van der Waals surface area contributed by atoms with Crippen LogP contribution in [0.1, 0.15) is 34.3 Å². The summed E-state index contributed by atoms with van der Waals surface area (Å²) in [5.74, 6) is -0.492. The summed E-state index contributed by atoms with van der Waals surface area (Å²) in [6.07, 6.45) is 1.47. The number of nitrogens with one attached hydrogen (secondary N) is 1. The Labute approximate surface area is 162 Å². The number of rotatable bonds is 7. The summed E-state index contributed by atoms with van der Waals surface area (Å²) in [4.78, 5) is 36.2. The Morgan fingerprint density at radius 2 is 2.00 bits per heavy atom. The second kappa shape index (κ2) is 8.51. The molecule has 0 unspecified atom stereocenters. The molecule has 146 valence electrons. The van der Waals surface area contributed by atoms with Crippen LogP contribution in [0, 0.1) is 10.1 Å². The lowest BCUT2D eigenvalue weighted by Gasteiger charge is -2.19. The van der Waals surface area contributed by atoms with Gasteiger partial charge in [-0.1, -0.05) is 24.3 Å². The molecule has 1 aliphatic heterocycles. The summed E-state index contributed by atoms with van der Waals surface area (Å²) < 4.78 is 4.74.